The summed E-state index contributed by atoms with van der Waals surface area (Å²) in [6, 6.07) is 6.47. The summed E-state index contributed by atoms with van der Waals surface area (Å²) in [5, 5.41) is 6.30. The van der Waals surface area contributed by atoms with Crippen LogP contribution >= 0.6 is 0 Å². The number of carbonyl (C=O) groups excluding carboxylic acids is 1. The van der Waals surface area contributed by atoms with Gasteiger partial charge in [-0.1, -0.05) is 0 Å². The summed E-state index contributed by atoms with van der Waals surface area (Å²) in [4.78, 5) is 12.3. The maximum atomic E-state index is 14.0. The largest absolute Gasteiger partial charge is 0.416 e. The molecule has 4 nitrogen and oxygen atoms in total. The quantitative estimate of drug-likeness (QED) is 0.639. The molecular weight excluding hydrogens is 388 g/mol. The van der Waals surface area contributed by atoms with E-state index < -0.39 is 40.7 Å². The standard InChI is InChI=1S/C18H11F6N3O/c1-9-6-15(27(26-9)12-4-2-11(19)3-5-12)25-17(28)16-13(20)7-10(8-14(16)21)18(22,23)24/h2-8H,1H3,(H,25,28). The van der Waals surface area contributed by atoms with Crippen LogP contribution in [0.1, 0.15) is 21.6 Å². The van der Waals surface area contributed by atoms with Crippen molar-refractivity contribution in [3.05, 3.63) is 76.7 Å². The fraction of sp³-hybridized carbons (Fsp3) is 0.111. The molecule has 0 spiro atoms. The van der Waals surface area contributed by atoms with Gasteiger partial charge in [0.2, 0.25) is 0 Å². The van der Waals surface area contributed by atoms with Gasteiger partial charge in [0.15, 0.2) is 0 Å². The first-order valence-electron chi connectivity index (χ1n) is 7.76. The second-order valence-corrected chi connectivity index (χ2v) is 5.83. The van der Waals surface area contributed by atoms with Crippen molar-refractivity contribution in [1.82, 2.24) is 9.78 Å². The number of hydrogen-bond acceptors (Lipinski definition) is 2. The monoisotopic (exact) mass is 399 g/mol. The van der Waals surface area contributed by atoms with E-state index in [-0.39, 0.29) is 18.0 Å². The van der Waals surface area contributed by atoms with Crippen LogP contribution in [0.5, 0.6) is 0 Å². The van der Waals surface area contributed by atoms with E-state index >= 15 is 0 Å². The van der Waals surface area contributed by atoms with Gasteiger partial charge in [0, 0.05) is 6.07 Å². The molecule has 1 N–H and O–H groups in total. The highest BCUT2D eigenvalue weighted by Gasteiger charge is 2.33. The van der Waals surface area contributed by atoms with Crippen molar-refractivity contribution in [3.8, 4) is 5.69 Å². The fourth-order valence-corrected chi connectivity index (χ4v) is 2.50. The molecule has 0 fully saturated rings. The zero-order valence-corrected chi connectivity index (χ0v) is 14.1. The molecule has 3 rings (SSSR count). The van der Waals surface area contributed by atoms with Gasteiger partial charge in [-0.2, -0.15) is 18.3 Å². The van der Waals surface area contributed by atoms with Crippen LogP contribution in [-0.4, -0.2) is 15.7 Å². The molecule has 1 heterocycles. The topological polar surface area (TPSA) is 46.9 Å². The van der Waals surface area contributed by atoms with Gasteiger partial charge in [0.25, 0.3) is 5.91 Å². The molecular formula is C18H11F6N3O. The van der Waals surface area contributed by atoms with E-state index in [1.807, 2.05) is 0 Å². The van der Waals surface area contributed by atoms with Gasteiger partial charge in [-0.05, 0) is 43.3 Å². The molecule has 0 unspecified atom stereocenters. The third kappa shape index (κ3) is 3.85. The smallest absolute Gasteiger partial charge is 0.306 e. The molecule has 0 aliphatic rings. The fourth-order valence-electron chi connectivity index (χ4n) is 2.50. The first-order valence-corrected chi connectivity index (χ1v) is 7.76. The van der Waals surface area contributed by atoms with Crippen LogP contribution in [0.2, 0.25) is 0 Å². The molecule has 0 saturated heterocycles. The van der Waals surface area contributed by atoms with Gasteiger partial charge in [-0.15, -0.1) is 0 Å². The summed E-state index contributed by atoms with van der Waals surface area (Å²) < 4.78 is 80.2. The minimum absolute atomic E-state index is 0.00666. The summed E-state index contributed by atoms with van der Waals surface area (Å²) in [7, 11) is 0. The number of hydrogen-bond donors (Lipinski definition) is 1. The van der Waals surface area contributed by atoms with E-state index in [2.05, 4.69) is 10.4 Å². The number of alkyl halides is 3. The van der Waals surface area contributed by atoms with E-state index in [4.69, 9.17) is 0 Å². The lowest BCUT2D eigenvalue weighted by atomic mass is 10.1. The molecule has 0 atom stereocenters. The highest BCUT2D eigenvalue weighted by molar-refractivity contribution is 6.04. The second kappa shape index (κ2) is 7.02. The van der Waals surface area contributed by atoms with Crippen molar-refractivity contribution in [3.63, 3.8) is 0 Å². The summed E-state index contributed by atoms with van der Waals surface area (Å²) >= 11 is 0. The Labute approximate surface area is 154 Å². The Kier molecular flexibility index (Phi) is 4.88. The van der Waals surface area contributed by atoms with E-state index in [0.717, 1.165) is 12.1 Å². The van der Waals surface area contributed by atoms with Gasteiger partial charge >= 0.3 is 6.18 Å². The number of amides is 1. The molecule has 1 amide bonds. The van der Waals surface area contributed by atoms with E-state index in [0.29, 0.717) is 11.4 Å². The SMILES string of the molecule is Cc1cc(NC(=O)c2c(F)cc(C(F)(F)F)cc2F)n(-c2ccc(F)cc2)n1. The molecule has 28 heavy (non-hydrogen) atoms. The minimum Gasteiger partial charge on any atom is -0.306 e. The first kappa shape index (κ1) is 19.5. The van der Waals surface area contributed by atoms with Crippen LogP contribution in [0.4, 0.5) is 32.2 Å². The van der Waals surface area contributed by atoms with Crippen molar-refractivity contribution in [2.24, 2.45) is 0 Å². The Bertz CT molecular complexity index is 1020. The highest BCUT2D eigenvalue weighted by Crippen LogP contribution is 2.31. The number of nitrogens with one attached hydrogen (secondary N) is 1. The third-order valence-electron chi connectivity index (χ3n) is 3.74. The lowest BCUT2D eigenvalue weighted by Gasteiger charge is -2.12. The molecule has 0 radical (unpaired) electrons. The molecule has 2 aromatic carbocycles. The number of halogens is 6. The van der Waals surface area contributed by atoms with Crippen LogP contribution < -0.4 is 5.32 Å². The van der Waals surface area contributed by atoms with E-state index in [1.165, 1.54) is 22.9 Å². The van der Waals surface area contributed by atoms with Gasteiger partial charge in [-0.3, -0.25) is 4.79 Å². The number of aromatic nitrogens is 2. The average Bonchev–Trinajstić information content (AvgIpc) is 2.94. The molecule has 3 aromatic rings. The summed E-state index contributed by atoms with van der Waals surface area (Å²) in [6.07, 6.45) is -4.96. The predicted octanol–water partition coefficient (Wildman–Crippen LogP) is 4.87. The Balaban J connectivity index is 1.96. The third-order valence-corrected chi connectivity index (χ3v) is 3.74. The van der Waals surface area contributed by atoms with E-state index in [1.54, 1.807) is 6.92 Å². The average molecular weight is 399 g/mol. The van der Waals surface area contributed by atoms with Gasteiger partial charge in [0.05, 0.1) is 16.9 Å². The van der Waals surface area contributed by atoms with Crippen molar-refractivity contribution in [2.45, 2.75) is 13.1 Å². The number of nitrogens with zero attached hydrogens (tertiary/aromatic N) is 2. The predicted molar refractivity (Wildman–Crippen MR) is 87.6 cm³/mol. The van der Waals surface area contributed by atoms with Crippen LogP contribution in [0, 0.1) is 24.4 Å². The normalized spacial score (nSPS) is 11.5. The van der Waals surface area contributed by atoms with Crippen molar-refractivity contribution >= 4 is 11.7 Å². The lowest BCUT2D eigenvalue weighted by molar-refractivity contribution is -0.138. The number of benzene rings is 2. The summed E-state index contributed by atoms with van der Waals surface area (Å²) in [5.74, 6) is -5.13. The number of aryl methyl sites for hydroxylation is 1. The minimum atomic E-state index is -4.96. The van der Waals surface area contributed by atoms with Crippen molar-refractivity contribution in [1.29, 1.82) is 0 Å². The lowest BCUT2D eigenvalue weighted by Crippen LogP contribution is -2.19. The maximum absolute atomic E-state index is 14.0. The molecule has 146 valence electrons. The zero-order valence-electron chi connectivity index (χ0n) is 14.1. The van der Waals surface area contributed by atoms with Crippen LogP contribution in [0.3, 0.4) is 0 Å². The molecule has 0 bridgehead atoms. The Hall–Kier alpha value is -3.30. The summed E-state index contributed by atoms with van der Waals surface area (Å²) in [6.45, 7) is 1.58. The maximum Gasteiger partial charge on any atom is 0.416 e. The zero-order chi connectivity index (χ0) is 20.6. The Morgan fingerprint density at radius 3 is 2.11 bits per heavy atom. The van der Waals surface area contributed by atoms with Gasteiger partial charge in [-0.25, -0.2) is 17.9 Å². The number of rotatable bonds is 3. The van der Waals surface area contributed by atoms with E-state index in [9.17, 15) is 31.1 Å². The number of anilines is 1. The van der Waals surface area contributed by atoms with Gasteiger partial charge in [0.1, 0.15) is 28.8 Å². The van der Waals surface area contributed by atoms with Crippen LogP contribution in [-0.2, 0) is 6.18 Å². The Morgan fingerprint density at radius 2 is 1.57 bits per heavy atom. The Morgan fingerprint density at radius 1 is 1.00 bits per heavy atom. The molecule has 0 saturated carbocycles. The first-order chi connectivity index (χ1) is 13.1. The molecule has 0 aliphatic heterocycles. The second-order valence-electron chi connectivity index (χ2n) is 5.83. The molecule has 10 heteroatoms. The highest BCUT2D eigenvalue weighted by atomic mass is 19.4. The van der Waals surface area contributed by atoms with Crippen LogP contribution in [0.25, 0.3) is 5.69 Å². The molecule has 1 aromatic heterocycles. The van der Waals surface area contributed by atoms with Gasteiger partial charge < -0.3 is 5.32 Å². The number of carbonyl (C=O) groups is 1. The molecule has 0 aliphatic carbocycles. The summed E-state index contributed by atoms with van der Waals surface area (Å²) in [5.41, 5.74) is -1.95. The van der Waals surface area contributed by atoms with Crippen molar-refractivity contribution < 1.29 is 31.1 Å². The van der Waals surface area contributed by atoms with Crippen molar-refractivity contribution in [2.75, 3.05) is 5.32 Å². The van der Waals surface area contributed by atoms with Crippen LogP contribution in [0.15, 0.2) is 42.5 Å².